The molecule has 0 amide bonds. The Morgan fingerprint density at radius 1 is 1.29 bits per heavy atom. The standard InChI is InChI=1S/C12H20O2/c1-2-14-11-9-10(13)12(11)7-5-3-4-6-8-12/h11H,2-9H2,1H3. The van der Waals surface area contributed by atoms with Crippen molar-refractivity contribution in [1.82, 2.24) is 0 Å². The molecule has 0 saturated heterocycles. The van der Waals surface area contributed by atoms with Gasteiger partial charge >= 0.3 is 0 Å². The normalized spacial score (nSPS) is 31.2. The highest BCUT2D eigenvalue weighted by Crippen LogP contribution is 2.49. The fraction of sp³-hybridized carbons (Fsp3) is 0.917. The average molecular weight is 196 g/mol. The van der Waals surface area contributed by atoms with Crippen molar-refractivity contribution in [2.75, 3.05) is 6.61 Å². The molecule has 0 aromatic carbocycles. The first kappa shape index (κ1) is 10.2. The van der Waals surface area contributed by atoms with E-state index in [1.165, 1.54) is 25.7 Å². The maximum atomic E-state index is 11.8. The van der Waals surface area contributed by atoms with E-state index in [2.05, 4.69) is 0 Å². The second-order valence-corrected chi connectivity index (χ2v) is 4.64. The molecule has 0 bridgehead atoms. The lowest BCUT2D eigenvalue weighted by molar-refractivity contribution is -0.165. The molecule has 1 unspecified atom stereocenters. The van der Waals surface area contributed by atoms with Gasteiger partial charge in [0, 0.05) is 13.0 Å². The van der Waals surface area contributed by atoms with E-state index < -0.39 is 0 Å². The van der Waals surface area contributed by atoms with E-state index in [1.54, 1.807) is 0 Å². The molecule has 0 aromatic heterocycles. The number of Topliss-reactive ketones (excluding diaryl/α,β-unsaturated/α-hetero) is 1. The highest BCUT2D eigenvalue weighted by molar-refractivity contribution is 5.92. The smallest absolute Gasteiger partial charge is 0.144 e. The SMILES string of the molecule is CCOC1CC(=O)C12CCCCCC2. The van der Waals surface area contributed by atoms with E-state index in [-0.39, 0.29) is 11.5 Å². The van der Waals surface area contributed by atoms with E-state index in [0.717, 1.165) is 19.4 Å². The molecule has 1 atom stereocenters. The number of hydrogen-bond acceptors (Lipinski definition) is 2. The van der Waals surface area contributed by atoms with Crippen LogP contribution in [0.3, 0.4) is 0 Å². The molecule has 2 aliphatic carbocycles. The fourth-order valence-corrected chi connectivity index (χ4v) is 3.00. The Bertz CT molecular complexity index is 214. The Morgan fingerprint density at radius 2 is 1.93 bits per heavy atom. The summed E-state index contributed by atoms with van der Waals surface area (Å²) in [5, 5.41) is 0. The van der Waals surface area contributed by atoms with Gasteiger partial charge in [-0.2, -0.15) is 0 Å². The fourth-order valence-electron chi connectivity index (χ4n) is 3.00. The van der Waals surface area contributed by atoms with E-state index in [1.807, 2.05) is 6.92 Å². The molecule has 14 heavy (non-hydrogen) atoms. The molecular formula is C12H20O2. The number of carbonyl (C=O) groups excluding carboxylic acids is 1. The molecule has 0 N–H and O–H groups in total. The van der Waals surface area contributed by atoms with Gasteiger partial charge in [0.25, 0.3) is 0 Å². The van der Waals surface area contributed by atoms with E-state index >= 15 is 0 Å². The lowest BCUT2D eigenvalue weighted by Gasteiger charge is -2.47. The minimum Gasteiger partial charge on any atom is -0.377 e. The zero-order chi connectivity index (χ0) is 10.0. The van der Waals surface area contributed by atoms with Gasteiger partial charge in [-0.3, -0.25) is 4.79 Å². The molecule has 2 aliphatic rings. The number of ketones is 1. The first-order chi connectivity index (χ1) is 6.79. The highest BCUT2D eigenvalue weighted by Gasteiger charge is 2.54. The third-order valence-electron chi connectivity index (χ3n) is 3.91. The van der Waals surface area contributed by atoms with Gasteiger partial charge in [-0.25, -0.2) is 0 Å². The summed E-state index contributed by atoms with van der Waals surface area (Å²) in [7, 11) is 0. The highest BCUT2D eigenvalue weighted by atomic mass is 16.5. The topological polar surface area (TPSA) is 26.3 Å². The maximum absolute atomic E-state index is 11.8. The number of hydrogen-bond donors (Lipinski definition) is 0. The van der Waals surface area contributed by atoms with Crippen LogP contribution in [0.25, 0.3) is 0 Å². The first-order valence-corrected chi connectivity index (χ1v) is 5.94. The third kappa shape index (κ3) is 1.50. The summed E-state index contributed by atoms with van der Waals surface area (Å²) in [5.74, 6) is 0.470. The van der Waals surface area contributed by atoms with Crippen LogP contribution in [-0.2, 0) is 9.53 Å². The lowest BCUT2D eigenvalue weighted by atomic mass is 9.60. The van der Waals surface area contributed by atoms with Crippen LogP contribution in [0.2, 0.25) is 0 Å². The quantitative estimate of drug-likeness (QED) is 0.678. The van der Waals surface area contributed by atoms with Crippen molar-refractivity contribution in [1.29, 1.82) is 0 Å². The van der Waals surface area contributed by atoms with Gasteiger partial charge in [-0.05, 0) is 19.8 Å². The van der Waals surface area contributed by atoms with Gasteiger partial charge in [0.2, 0.25) is 0 Å². The first-order valence-electron chi connectivity index (χ1n) is 5.94. The Kier molecular flexibility index (Phi) is 2.91. The minimum absolute atomic E-state index is 0.0491. The van der Waals surface area contributed by atoms with Crippen molar-refractivity contribution >= 4 is 5.78 Å². The molecule has 0 aliphatic heterocycles. The van der Waals surface area contributed by atoms with Gasteiger partial charge in [0.1, 0.15) is 5.78 Å². The van der Waals surface area contributed by atoms with E-state index in [0.29, 0.717) is 12.2 Å². The van der Waals surface area contributed by atoms with Crippen LogP contribution in [0.1, 0.15) is 51.9 Å². The predicted octanol–water partition coefficient (Wildman–Crippen LogP) is 2.70. The summed E-state index contributed by atoms with van der Waals surface area (Å²) in [6.07, 6.45) is 8.12. The molecule has 0 heterocycles. The molecule has 1 spiro atoms. The molecule has 2 rings (SSSR count). The van der Waals surface area contributed by atoms with E-state index in [9.17, 15) is 4.79 Å². The van der Waals surface area contributed by atoms with Crippen molar-refractivity contribution in [3.8, 4) is 0 Å². The third-order valence-corrected chi connectivity index (χ3v) is 3.91. The van der Waals surface area contributed by atoms with Crippen molar-refractivity contribution in [3.05, 3.63) is 0 Å². The Hall–Kier alpha value is -0.370. The zero-order valence-electron chi connectivity index (χ0n) is 9.05. The van der Waals surface area contributed by atoms with Crippen LogP contribution in [-0.4, -0.2) is 18.5 Å². The van der Waals surface area contributed by atoms with Gasteiger partial charge in [0.05, 0.1) is 11.5 Å². The summed E-state index contributed by atoms with van der Waals surface area (Å²) in [4.78, 5) is 11.8. The minimum atomic E-state index is -0.0491. The number of carbonyl (C=O) groups is 1. The average Bonchev–Trinajstić information content (AvgIpc) is 2.44. The second kappa shape index (κ2) is 4.01. The molecule has 2 nitrogen and oxygen atoms in total. The summed E-state index contributed by atoms with van der Waals surface area (Å²) in [6.45, 7) is 2.77. The summed E-state index contributed by atoms with van der Waals surface area (Å²) in [6, 6.07) is 0. The maximum Gasteiger partial charge on any atom is 0.144 e. The van der Waals surface area contributed by atoms with Crippen LogP contribution in [0.5, 0.6) is 0 Å². The molecule has 80 valence electrons. The number of rotatable bonds is 2. The molecule has 2 fully saturated rings. The summed E-state index contributed by atoms with van der Waals surface area (Å²) < 4.78 is 5.68. The van der Waals surface area contributed by atoms with Crippen LogP contribution in [0.4, 0.5) is 0 Å². The van der Waals surface area contributed by atoms with Crippen LogP contribution in [0, 0.1) is 5.41 Å². The Balaban J connectivity index is 2.05. The monoisotopic (exact) mass is 196 g/mol. The molecular weight excluding hydrogens is 176 g/mol. The Labute approximate surface area is 86.0 Å². The van der Waals surface area contributed by atoms with Crippen molar-refractivity contribution in [2.24, 2.45) is 5.41 Å². The van der Waals surface area contributed by atoms with Gasteiger partial charge in [0.15, 0.2) is 0 Å². The molecule has 2 saturated carbocycles. The van der Waals surface area contributed by atoms with Crippen LogP contribution < -0.4 is 0 Å². The van der Waals surface area contributed by atoms with Gasteiger partial charge in [-0.15, -0.1) is 0 Å². The largest absolute Gasteiger partial charge is 0.377 e. The summed E-state index contributed by atoms with van der Waals surface area (Å²) >= 11 is 0. The van der Waals surface area contributed by atoms with Crippen molar-refractivity contribution in [2.45, 2.75) is 58.0 Å². The summed E-state index contributed by atoms with van der Waals surface area (Å²) in [5.41, 5.74) is -0.0491. The van der Waals surface area contributed by atoms with Gasteiger partial charge in [-0.1, -0.05) is 25.7 Å². The second-order valence-electron chi connectivity index (χ2n) is 4.64. The Morgan fingerprint density at radius 3 is 2.43 bits per heavy atom. The molecule has 2 heteroatoms. The molecule has 0 aromatic rings. The zero-order valence-corrected chi connectivity index (χ0v) is 9.05. The van der Waals surface area contributed by atoms with Crippen molar-refractivity contribution < 1.29 is 9.53 Å². The molecule has 0 radical (unpaired) electrons. The lowest BCUT2D eigenvalue weighted by Crippen LogP contribution is -2.55. The van der Waals surface area contributed by atoms with Gasteiger partial charge < -0.3 is 4.74 Å². The van der Waals surface area contributed by atoms with Crippen LogP contribution >= 0.6 is 0 Å². The van der Waals surface area contributed by atoms with Crippen molar-refractivity contribution in [3.63, 3.8) is 0 Å². The van der Waals surface area contributed by atoms with Crippen LogP contribution in [0.15, 0.2) is 0 Å². The number of ether oxygens (including phenoxy) is 1. The van der Waals surface area contributed by atoms with E-state index in [4.69, 9.17) is 4.74 Å². The predicted molar refractivity (Wildman–Crippen MR) is 55.2 cm³/mol.